The van der Waals surface area contributed by atoms with Crippen molar-refractivity contribution in [2.75, 3.05) is 26.7 Å². The highest BCUT2D eigenvalue weighted by Gasteiger charge is 2.23. The maximum atomic E-state index is 11.1. The van der Waals surface area contributed by atoms with E-state index in [1.54, 1.807) is 0 Å². The molecule has 3 N–H and O–H groups in total. The van der Waals surface area contributed by atoms with Crippen LogP contribution in [0.15, 0.2) is 35.3 Å². The predicted octanol–water partition coefficient (Wildman–Crippen LogP) is 2.01. The van der Waals surface area contributed by atoms with Crippen LogP contribution in [0, 0.1) is 5.92 Å². The lowest BCUT2D eigenvalue weighted by Crippen LogP contribution is -2.47. The average molecular weight is 430 g/mol. The maximum absolute atomic E-state index is 11.1. The summed E-state index contributed by atoms with van der Waals surface area (Å²) in [7, 11) is 1.81. The van der Waals surface area contributed by atoms with Crippen LogP contribution in [0.3, 0.4) is 0 Å². The zero-order chi connectivity index (χ0) is 15.8. The first kappa shape index (κ1) is 19.7. The third-order valence-electron chi connectivity index (χ3n) is 4.06. The van der Waals surface area contributed by atoms with Crippen molar-refractivity contribution < 1.29 is 4.79 Å². The zero-order valence-electron chi connectivity index (χ0n) is 13.7. The van der Waals surface area contributed by atoms with E-state index in [0.29, 0.717) is 12.3 Å². The van der Waals surface area contributed by atoms with Gasteiger partial charge in [-0.1, -0.05) is 30.3 Å². The maximum Gasteiger partial charge on any atom is 0.217 e. The van der Waals surface area contributed by atoms with Gasteiger partial charge in [-0.2, -0.15) is 0 Å². The van der Waals surface area contributed by atoms with Crippen molar-refractivity contribution in [3.63, 3.8) is 0 Å². The van der Waals surface area contributed by atoms with Gasteiger partial charge in [0.15, 0.2) is 5.96 Å². The van der Waals surface area contributed by atoms with Crippen molar-refractivity contribution in [1.29, 1.82) is 0 Å². The van der Waals surface area contributed by atoms with E-state index in [1.165, 1.54) is 5.56 Å². The first-order valence-electron chi connectivity index (χ1n) is 7.97. The van der Waals surface area contributed by atoms with Gasteiger partial charge in [0.1, 0.15) is 0 Å². The normalized spacial score (nSPS) is 18.2. The number of hydrogen-bond donors (Lipinski definition) is 2. The molecule has 1 amide bonds. The summed E-state index contributed by atoms with van der Waals surface area (Å²) >= 11 is 0. The van der Waals surface area contributed by atoms with Gasteiger partial charge in [0.05, 0.1) is 0 Å². The number of likely N-dealkylation sites (tertiary alicyclic amines) is 1. The number of guanidine groups is 1. The van der Waals surface area contributed by atoms with Gasteiger partial charge in [-0.3, -0.25) is 9.79 Å². The van der Waals surface area contributed by atoms with Gasteiger partial charge < -0.3 is 16.0 Å². The molecule has 0 radical (unpaired) electrons. The minimum absolute atomic E-state index is 0. The van der Waals surface area contributed by atoms with Gasteiger partial charge in [0.25, 0.3) is 0 Å². The van der Waals surface area contributed by atoms with Crippen LogP contribution >= 0.6 is 24.0 Å². The number of nitrogens with one attached hydrogen (secondary N) is 1. The van der Waals surface area contributed by atoms with Crippen LogP contribution in [0.2, 0.25) is 0 Å². The molecular formula is C17H27IN4O. The smallest absolute Gasteiger partial charge is 0.217 e. The lowest BCUT2D eigenvalue weighted by molar-refractivity contribution is -0.119. The number of benzene rings is 1. The SMILES string of the molecule is CN=C(NCCc1ccccc1)N1CCCC(CC(N)=O)C1.I. The quantitative estimate of drug-likeness (QED) is 0.427. The van der Waals surface area contributed by atoms with E-state index in [4.69, 9.17) is 5.73 Å². The second kappa shape index (κ2) is 10.5. The van der Waals surface area contributed by atoms with Crippen LogP contribution in [-0.2, 0) is 11.2 Å². The van der Waals surface area contributed by atoms with Crippen LogP contribution in [0.4, 0.5) is 0 Å². The number of carbonyl (C=O) groups excluding carboxylic acids is 1. The van der Waals surface area contributed by atoms with Crippen LogP contribution in [-0.4, -0.2) is 43.4 Å². The Morgan fingerprint density at radius 3 is 2.78 bits per heavy atom. The predicted molar refractivity (Wildman–Crippen MR) is 105 cm³/mol. The van der Waals surface area contributed by atoms with Crippen molar-refractivity contribution in [3.8, 4) is 0 Å². The third-order valence-corrected chi connectivity index (χ3v) is 4.06. The fraction of sp³-hybridized carbons (Fsp3) is 0.529. The van der Waals surface area contributed by atoms with Gasteiger partial charge in [-0.15, -0.1) is 24.0 Å². The standard InChI is InChI=1S/C17H26N4O.HI/c1-19-17(20-10-9-14-6-3-2-4-7-14)21-11-5-8-15(13-21)12-16(18)22;/h2-4,6-7,15H,5,8-13H2,1H3,(H2,18,22)(H,19,20);1H. The van der Waals surface area contributed by atoms with E-state index in [2.05, 4.69) is 39.5 Å². The Hall–Kier alpha value is -1.31. The Morgan fingerprint density at radius 2 is 2.13 bits per heavy atom. The number of nitrogens with zero attached hydrogens (tertiary/aromatic N) is 2. The molecule has 0 spiro atoms. The van der Waals surface area contributed by atoms with E-state index >= 15 is 0 Å². The number of rotatable bonds is 5. The second-order valence-electron chi connectivity index (χ2n) is 5.83. The average Bonchev–Trinajstić information content (AvgIpc) is 2.52. The molecule has 1 aliphatic heterocycles. The Morgan fingerprint density at radius 1 is 1.39 bits per heavy atom. The van der Waals surface area contributed by atoms with E-state index < -0.39 is 0 Å². The molecule has 5 nitrogen and oxygen atoms in total. The molecule has 0 bridgehead atoms. The Labute approximate surface area is 155 Å². The number of primary amides is 1. The summed E-state index contributed by atoms with van der Waals surface area (Å²) in [6.45, 7) is 2.70. The van der Waals surface area contributed by atoms with Gasteiger partial charge >= 0.3 is 0 Å². The summed E-state index contributed by atoms with van der Waals surface area (Å²) in [4.78, 5) is 17.7. The molecule has 1 heterocycles. The largest absolute Gasteiger partial charge is 0.370 e. The summed E-state index contributed by atoms with van der Waals surface area (Å²) in [6.07, 6.45) is 3.59. The highest BCUT2D eigenvalue weighted by Crippen LogP contribution is 2.19. The van der Waals surface area contributed by atoms with Crippen molar-refractivity contribution in [2.24, 2.45) is 16.6 Å². The van der Waals surface area contributed by atoms with Gasteiger partial charge in [0.2, 0.25) is 5.91 Å². The number of amides is 1. The number of nitrogens with two attached hydrogens (primary N) is 1. The highest BCUT2D eigenvalue weighted by molar-refractivity contribution is 14.0. The first-order valence-corrected chi connectivity index (χ1v) is 7.97. The van der Waals surface area contributed by atoms with Crippen molar-refractivity contribution in [3.05, 3.63) is 35.9 Å². The molecule has 1 unspecified atom stereocenters. The molecule has 1 atom stereocenters. The molecule has 0 saturated carbocycles. The molecule has 0 aliphatic carbocycles. The van der Waals surface area contributed by atoms with Crippen LogP contribution in [0.5, 0.6) is 0 Å². The number of halogens is 1. The topological polar surface area (TPSA) is 70.7 Å². The van der Waals surface area contributed by atoms with Crippen LogP contribution < -0.4 is 11.1 Å². The molecule has 128 valence electrons. The van der Waals surface area contributed by atoms with E-state index in [1.807, 2.05) is 13.1 Å². The Bertz CT molecular complexity index is 507. The minimum atomic E-state index is -0.209. The summed E-state index contributed by atoms with van der Waals surface area (Å²) in [5.74, 6) is 1.06. The third kappa shape index (κ3) is 6.76. The number of hydrogen-bond acceptors (Lipinski definition) is 2. The van der Waals surface area contributed by atoms with Gasteiger partial charge in [-0.05, 0) is 30.7 Å². The molecule has 0 aromatic heterocycles. The molecule has 23 heavy (non-hydrogen) atoms. The summed E-state index contributed by atoms with van der Waals surface area (Å²) in [6, 6.07) is 10.4. The first-order chi connectivity index (χ1) is 10.7. The summed E-state index contributed by atoms with van der Waals surface area (Å²) in [5.41, 5.74) is 6.63. The molecular weight excluding hydrogens is 403 g/mol. The Balaban J connectivity index is 0.00000264. The fourth-order valence-electron chi connectivity index (χ4n) is 3.00. The monoisotopic (exact) mass is 430 g/mol. The van der Waals surface area contributed by atoms with Gasteiger partial charge in [0, 0.05) is 33.1 Å². The second-order valence-corrected chi connectivity index (χ2v) is 5.83. The molecule has 1 aromatic rings. The summed E-state index contributed by atoms with van der Waals surface area (Å²) in [5, 5.41) is 3.42. The zero-order valence-corrected chi connectivity index (χ0v) is 16.0. The van der Waals surface area contributed by atoms with Crippen molar-refractivity contribution in [2.45, 2.75) is 25.7 Å². The lowest BCUT2D eigenvalue weighted by atomic mass is 9.95. The van der Waals surface area contributed by atoms with E-state index in [9.17, 15) is 4.79 Å². The molecule has 1 saturated heterocycles. The van der Waals surface area contributed by atoms with Crippen molar-refractivity contribution >= 4 is 35.8 Å². The molecule has 2 rings (SSSR count). The van der Waals surface area contributed by atoms with Gasteiger partial charge in [-0.25, -0.2) is 0 Å². The Kier molecular flexibility index (Phi) is 8.98. The van der Waals surface area contributed by atoms with Crippen LogP contribution in [0.25, 0.3) is 0 Å². The minimum Gasteiger partial charge on any atom is -0.370 e. The van der Waals surface area contributed by atoms with Crippen LogP contribution in [0.1, 0.15) is 24.8 Å². The summed E-state index contributed by atoms with van der Waals surface area (Å²) < 4.78 is 0. The molecule has 6 heteroatoms. The molecule has 1 aromatic carbocycles. The van der Waals surface area contributed by atoms with E-state index in [0.717, 1.165) is 44.9 Å². The van der Waals surface area contributed by atoms with E-state index in [-0.39, 0.29) is 29.9 Å². The molecule has 1 aliphatic rings. The molecule has 1 fully saturated rings. The highest BCUT2D eigenvalue weighted by atomic mass is 127. The number of aliphatic imine (C=N–C) groups is 1. The number of carbonyl (C=O) groups is 1. The fourth-order valence-corrected chi connectivity index (χ4v) is 3.00. The lowest BCUT2D eigenvalue weighted by Gasteiger charge is -2.34. The number of piperidine rings is 1. The van der Waals surface area contributed by atoms with Crippen molar-refractivity contribution in [1.82, 2.24) is 10.2 Å².